The fourth-order valence-corrected chi connectivity index (χ4v) is 2.10. The molecule has 1 atom stereocenters. The van der Waals surface area contributed by atoms with E-state index in [1.54, 1.807) is 18.2 Å². The van der Waals surface area contributed by atoms with E-state index in [4.69, 9.17) is 9.47 Å². The van der Waals surface area contributed by atoms with Gasteiger partial charge in [-0.15, -0.1) is 0 Å². The third-order valence-electron chi connectivity index (χ3n) is 3.22. The number of rotatable bonds is 10. The zero-order valence-corrected chi connectivity index (χ0v) is 13.2. The summed E-state index contributed by atoms with van der Waals surface area (Å²) in [6.07, 6.45) is 5.23. The summed E-state index contributed by atoms with van der Waals surface area (Å²) in [4.78, 5) is 11.2. The van der Waals surface area contributed by atoms with E-state index in [0.29, 0.717) is 18.1 Å². The predicted octanol–water partition coefficient (Wildman–Crippen LogP) is 4.52. The Labute approximate surface area is 127 Å². The standard InChI is InChI=1S/C17H26O4/c1-4-6-7-11-20-16-12-14(21-13(3)8-5-2)9-10-15(16)17(18)19/h9-10,12-13H,4-8,11H2,1-3H3,(H,18,19). The van der Waals surface area contributed by atoms with E-state index in [0.717, 1.165) is 32.1 Å². The van der Waals surface area contributed by atoms with Gasteiger partial charge in [0.15, 0.2) is 0 Å². The van der Waals surface area contributed by atoms with E-state index >= 15 is 0 Å². The average molecular weight is 294 g/mol. The van der Waals surface area contributed by atoms with Crippen LogP contribution in [0.5, 0.6) is 11.5 Å². The molecule has 21 heavy (non-hydrogen) atoms. The number of benzene rings is 1. The van der Waals surface area contributed by atoms with Gasteiger partial charge >= 0.3 is 5.97 Å². The molecule has 1 aromatic rings. The molecule has 118 valence electrons. The number of hydrogen-bond donors (Lipinski definition) is 1. The maximum absolute atomic E-state index is 11.2. The molecule has 1 unspecified atom stereocenters. The Morgan fingerprint density at radius 1 is 1.24 bits per heavy atom. The summed E-state index contributed by atoms with van der Waals surface area (Å²) in [7, 11) is 0. The lowest BCUT2D eigenvalue weighted by Gasteiger charge is -2.16. The molecule has 0 amide bonds. The van der Waals surface area contributed by atoms with Crippen molar-refractivity contribution in [3.63, 3.8) is 0 Å². The zero-order valence-electron chi connectivity index (χ0n) is 13.2. The van der Waals surface area contributed by atoms with Gasteiger partial charge in [0, 0.05) is 6.07 Å². The minimum absolute atomic E-state index is 0.110. The average Bonchev–Trinajstić information content (AvgIpc) is 2.43. The third-order valence-corrected chi connectivity index (χ3v) is 3.22. The normalized spacial score (nSPS) is 12.0. The highest BCUT2D eigenvalue weighted by Crippen LogP contribution is 2.26. The minimum atomic E-state index is -0.978. The van der Waals surface area contributed by atoms with Gasteiger partial charge in [-0.1, -0.05) is 33.1 Å². The molecular weight excluding hydrogens is 268 g/mol. The number of carbonyl (C=O) groups is 1. The van der Waals surface area contributed by atoms with E-state index in [1.165, 1.54) is 0 Å². The van der Waals surface area contributed by atoms with Gasteiger partial charge in [-0.3, -0.25) is 0 Å². The monoisotopic (exact) mass is 294 g/mol. The lowest BCUT2D eigenvalue weighted by Crippen LogP contribution is -2.12. The molecular formula is C17H26O4. The number of ether oxygens (including phenoxy) is 2. The molecule has 0 aliphatic rings. The lowest BCUT2D eigenvalue weighted by molar-refractivity contribution is 0.0692. The molecule has 0 aliphatic carbocycles. The molecule has 4 nitrogen and oxygen atoms in total. The van der Waals surface area contributed by atoms with Crippen LogP contribution < -0.4 is 9.47 Å². The number of aromatic carboxylic acids is 1. The van der Waals surface area contributed by atoms with Crippen molar-refractivity contribution in [2.45, 2.75) is 59.0 Å². The molecule has 1 aromatic carbocycles. The van der Waals surface area contributed by atoms with Crippen LogP contribution in [-0.4, -0.2) is 23.8 Å². The van der Waals surface area contributed by atoms with Gasteiger partial charge in [-0.05, 0) is 31.9 Å². The highest BCUT2D eigenvalue weighted by molar-refractivity contribution is 5.91. The van der Waals surface area contributed by atoms with Gasteiger partial charge < -0.3 is 14.6 Å². The molecule has 4 heteroatoms. The second kappa shape index (κ2) is 9.27. The first-order chi connectivity index (χ1) is 10.1. The maximum Gasteiger partial charge on any atom is 0.339 e. The Hall–Kier alpha value is -1.71. The van der Waals surface area contributed by atoms with Gasteiger partial charge in [0.1, 0.15) is 17.1 Å². The van der Waals surface area contributed by atoms with Crippen molar-refractivity contribution < 1.29 is 19.4 Å². The first kappa shape index (κ1) is 17.3. The zero-order chi connectivity index (χ0) is 15.7. The van der Waals surface area contributed by atoms with Crippen LogP contribution in [-0.2, 0) is 0 Å². The van der Waals surface area contributed by atoms with Gasteiger partial charge in [0.05, 0.1) is 12.7 Å². The van der Waals surface area contributed by atoms with Crippen LogP contribution >= 0.6 is 0 Å². The van der Waals surface area contributed by atoms with E-state index in [1.807, 2.05) is 6.92 Å². The SMILES string of the molecule is CCCCCOc1cc(OC(C)CCC)ccc1C(=O)O. The fourth-order valence-electron chi connectivity index (χ4n) is 2.10. The molecule has 0 aromatic heterocycles. The highest BCUT2D eigenvalue weighted by atomic mass is 16.5. The van der Waals surface area contributed by atoms with Gasteiger partial charge in [-0.25, -0.2) is 4.79 Å². The van der Waals surface area contributed by atoms with E-state index in [2.05, 4.69) is 13.8 Å². The van der Waals surface area contributed by atoms with Crippen LogP contribution in [0, 0.1) is 0 Å². The summed E-state index contributed by atoms with van der Waals surface area (Å²) in [6, 6.07) is 4.92. The van der Waals surface area contributed by atoms with Crippen molar-refractivity contribution in [2.75, 3.05) is 6.61 Å². The van der Waals surface area contributed by atoms with Crippen molar-refractivity contribution >= 4 is 5.97 Å². The molecule has 0 saturated heterocycles. The Kier molecular flexibility index (Phi) is 7.65. The molecule has 0 spiro atoms. The number of unbranched alkanes of at least 4 members (excludes halogenated alkanes) is 2. The van der Waals surface area contributed by atoms with E-state index in [9.17, 15) is 9.90 Å². The van der Waals surface area contributed by atoms with Gasteiger partial charge in [0.25, 0.3) is 0 Å². The van der Waals surface area contributed by atoms with Crippen LogP contribution in [0.15, 0.2) is 18.2 Å². The fraction of sp³-hybridized carbons (Fsp3) is 0.588. The van der Waals surface area contributed by atoms with Gasteiger partial charge in [0.2, 0.25) is 0 Å². The second-order valence-corrected chi connectivity index (χ2v) is 5.24. The summed E-state index contributed by atoms with van der Waals surface area (Å²) >= 11 is 0. The van der Waals surface area contributed by atoms with Crippen molar-refractivity contribution in [1.82, 2.24) is 0 Å². The molecule has 1 rings (SSSR count). The second-order valence-electron chi connectivity index (χ2n) is 5.24. The van der Waals surface area contributed by atoms with Crippen LogP contribution in [0.3, 0.4) is 0 Å². The van der Waals surface area contributed by atoms with Gasteiger partial charge in [-0.2, -0.15) is 0 Å². The molecule has 1 N–H and O–H groups in total. The topological polar surface area (TPSA) is 55.8 Å². The van der Waals surface area contributed by atoms with Crippen molar-refractivity contribution in [1.29, 1.82) is 0 Å². The van der Waals surface area contributed by atoms with Crippen LogP contribution in [0.25, 0.3) is 0 Å². The quantitative estimate of drug-likeness (QED) is 0.644. The van der Waals surface area contributed by atoms with Crippen LogP contribution in [0.2, 0.25) is 0 Å². The Balaban J connectivity index is 2.77. The molecule has 0 saturated carbocycles. The lowest BCUT2D eigenvalue weighted by atomic mass is 10.2. The Morgan fingerprint density at radius 2 is 2.00 bits per heavy atom. The minimum Gasteiger partial charge on any atom is -0.493 e. The number of carboxylic acids is 1. The Morgan fingerprint density at radius 3 is 2.62 bits per heavy atom. The third kappa shape index (κ3) is 6.06. The predicted molar refractivity (Wildman–Crippen MR) is 83.4 cm³/mol. The molecule has 0 heterocycles. The van der Waals surface area contributed by atoms with E-state index in [-0.39, 0.29) is 11.7 Å². The Bertz CT molecular complexity index is 442. The largest absolute Gasteiger partial charge is 0.493 e. The van der Waals surface area contributed by atoms with Crippen LogP contribution in [0.1, 0.15) is 63.2 Å². The van der Waals surface area contributed by atoms with Crippen molar-refractivity contribution in [3.8, 4) is 11.5 Å². The summed E-state index contributed by atoms with van der Waals surface area (Å²) < 4.78 is 11.4. The molecule has 0 aliphatic heterocycles. The summed E-state index contributed by atoms with van der Waals surface area (Å²) in [6.45, 7) is 6.76. The number of carboxylic acid groups (broad SMARTS) is 1. The molecule has 0 radical (unpaired) electrons. The van der Waals surface area contributed by atoms with E-state index < -0.39 is 5.97 Å². The maximum atomic E-state index is 11.2. The number of hydrogen-bond acceptors (Lipinski definition) is 3. The molecule has 0 fully saturated rings. The highest BCUT2D eigenvalue weighted by Gasteiger charge is 2.13. The molecule has 0 bridgehead atoms. The first-order valence-electron chi connectivity index (χ1n) is 7.75. The summed E-state index contributed by atoms with van der Waals surface area (Å²) in [5.74, 6) is 0.0693. The summed E-state index contributed by atoms with van der Waals surface area (Å²) in [5, 5.41) is 9.20. The van der Waals surface area contributed by atoms with Crippen LogP contribution in [0.4, 0.5) is 0 Å². The van der Waals surface area contributed by atoms with Crippen molar-refractivity contribution in [3.05, 3.63) is 23.8 Å². The first-order valence-corrected chi connectivity index (χ1v) is 7.75. The summed E-state index contributed by atoms with van der Waals surface area (Å²) in [5.41, 5.74) is 0.182. The van der Waals surface area contributed by atoms with Crippen molar-refractivity contribution in [2.24, 2.45) is 0 Å². The smallest absolute Gasteiger partial charge is 0.339 e.